The summed E-state index contributed by atoms with van der Waals surface area (Å²) in [6, 6.07) is 17.2. The summed E-state index contributed by atoms with van der Waals surface area (Å²) in [5.74, 6) is -0.101. The van der Waals surface area contributed by atoms with Crippen molar-refractivity contribution in [3.05, 3.63) is 65.7 Å². The van der Waals surface area contributed by atoms with Gasteiger partial charge in [-0.15, -0.1) is 0 Å². The summed E-state index contributed by atoms with van der Waals surface area (Å²) in [4.78, 5) is 26.9. The molecule has 1 amide bonds. The van der Waals surface area contributed by atoms with E-state index in [2.05, 4.69) is 0 Å². The predicted molar refractivity (Wildman–Crippen MR) is 86.0 cm³/mol. The fourth-order valence-electron chi connectivity index (χ4n) is 3.62. The highest BCUT2D eigenvalue weighted by atomic mass is 16.5. The molecule has 116 valence electrons. The second-order valence-corrected chi connectivity index (χ2v) is 6.15. The van der Waals surface area contributed by atoms with E-state index in [4.69, 9.17) is 4.74 Å². The summed E-state index contributed by atoms with van der Waals surface area (Å²) in [6.45, 7) is 0. The fourth-order valence-corrected chi connectivity index (χ4v) is 3.62. The van der Waals surface area contributed by atoms with Gasteiger partial charge in [-0.2, -0.15) is 0 Å². The highest BCUT2D eigenvalue weighted by Gasteiger charge is 2.55. The zero-order chi connectivity index (χ0) is 16.0. The van der Waals surface area contributed by atoms with Gasteiger partial charge in [0.05, 0.1) is 11.8 Å². The van der Waals surface area contributed by atoms with E-state index in [9.17, 15) is 9.59 Å². The van der Waals surface area contributed by atoms with Gasteiger partial charge in [-0.05, 0) is 11.6 Å². The van der Waals surface area contributed by atoms with Crippen LogP contribution in [-0.2, 0) is 19.9 Å². The zero-order valence-electron chi connectivity index (χ0n) is 12.9. The van der Waals surface area contributed by atoms with Crippen LogP contribution in [0.2, 0.25) is 0 Å². The molecular formula is C19H17NO3. The number of anilines is 1. The third kappa shape index (κ3) is 2.02. The maximum atomic E-state index is 12.9. The second kappa shape index (κ2) is 5.03. The molecule has 0 N–H and O–H groups in total. The van der Waals surface area contributed by atoms with Crippen LogP contribution in [0, 0.1) is 0 Å². The van der Waals surface area contributed by atoms with Crippen molar-refractivity contribution in [2.45, 2.75) is 24.5 Å². The Hall–Kier alpha value is -2.46. The van der Waals surface area contributed by atoms with Crippen LogP contribution in [0.25, 0.3) is 0 Å². The number of benzene rings is 2. The Morgan fingerprint density at radius 3 is 2.52 bits per heavy atom. The molecule has 2 heterocycles. The zero-order valence-corrected chi connectivity index (χ0v) is 12.9. The summed E-state index contributed by atoms with van der Waals surface area (Å²) >= 11 is 0. The van der Waals surface area contributed by atoms with Crippen molar-refractivity contribution in [1.29, 1.82) is 0 Å². The van der Waals surface area contributed by atoms with E-state index in [0.717, 1.165) is 16.8 Å². The Morgan fingerprint density at radius 2 is 1.74 bits per heavy atom. The molecule has 4 nitrogen and oxygen atoms in total. The molecule has 0 radical (unpaired) electrons. The van der Waals surface area contributed by atoms with E-state index < -0.39 is 5.60 Å². The normalized spacial score (nSPS) is 26.7. The Labute approximate surface area is 134 Å². The summed E-state index contributed by atoms with van der Waals surface area (Å²) in [7, 11) is 1.73. The number of carbonyl (C=O) groups excluding carboxylic acids is 2. The number of hydrogen-bond acceptors (Lipinski definition) is 3. The van der Waals surface area contributed by atoms with Gasteiger partial charge < -0.3 is 9.64 Å². The number of likely N-dealkylation sites (N-methyl/N-ethyl adjacent to an activating group) is 1. The lowest BCUT2D eigenvalue weighted by atomic mass is 9.84. The molecule has 4 rings (SSSR count). The van der Waals surface area contributed by atoms with Crippen LogP contribution in [-0.4, -0.2) is 18.7 Å². The van der Waals surface area contributed by atoms with Crippen LogP contribution in [0.5, 0.6) is 0 Å². The van der Waals surface area contributed by atoms with Gasteiger partial charge in [-0.25, -0.2) is 0 Å². The van der Waals surface area contributed by atoms with Crippen molar-refractivity contribution >= 4 is 17.4 Å². The number of carbonyl (C=O) groups is 2. The molecule has 23 heavy (non-hydrogen) atoms. The quantitative estimate of drug-likeness (QED) is 0.813. The van der Waals surface area contributed by atoms with Crippen molar-refractivity contribution in [3.8, 4) is 0 Å². The molecule has 2 aliphatic heterocycles. The molecule has 1 spiro atoms. The van der Waals surface area contributed by atoms with Gasteiger partial charge in [-0.3, -0.25) is 9.59 Å². The third-order valence-electron chi connectivity index (χ3n) is 4.72. The first-order valence-corrected chi connectivity index (χ1v) is 7.74. The fraction of sp³-hybridized carbons (Fsp3) is 0.263. The van der Waals surface area contributed by atoms with Crippen LogP contribution in [0.4, 0.5) is 5.69 Å². The van der Waals surface area contributed by atoms with E-state index in [0.29, 0.717) is 6.42 Å². The van der Waals surface area contributed by atoms with Gasteiger partial charge in [0.1, 0.15) is 5.78 Å². The molecular weight excluding hydrogens is 290 g/mol. The van der Waals surface area contributed by atoms with Crippen LogP contribution >= 0.6 is 0 Å². The molecule has 2 aromatic rings. The highest BCUT2D eigenvalue weighted by Crippen LogP contribution is 2.50. The number of rotatable bonds is 1. The minimum Gasteiger partial charge on any atom is -0.351 e. The van der Waals surface area contributed by atoms with Gasteiger partial charge in [0, 0.05) is 25.5 Å². The van der Waals surface area contributed by atoms with Gasteiger partial charge in [0.15, 0.2) is 5.60 Å². The monoisotopic (exact) mass is 307 g/mol. The minimum absolute atomic E-state index is 0.0588. The maximum absolute atomic E-state index is 12.9. The second-order valence-electron chi connectivity index (χ2n) is 6.15. The van der Waals surface area contributed by atoms with Gasteiger partial charge in [0.2, 0.25) is 0 Å². The summed E-state index contributed by atoms with van der Waals surface area (Å²) in [5.41, 5.74) is 1.36. The first kappa shape index (κ1) is 14.2. The Kier molecular flexibility index (Phi) is 3.10. The van der Waals surface area contributed by atoms with Gasteiger partial charge in [0.25, 0.3) is 5.91 Å². The first-order chi connectivity index (χ1) is 11.1. The first-order valence-electron chi connectivity index (χ1n) is 7.74. The Morgan fingerprint density at radius 1 is 1.04 bits per heavy atom. The van der Waals surface area contributed by atoms with Crippen LogP contribution in [0.3, 0.4) is 0 Å². The van der Waals surface area contributed by atoms with Gasteiger partial charge in [-0.1, -0.05) is 48.5 Å². The van der Waals surface area contributed by atoms with Crippen molar-refractivity contribution in [1.82, 2.24) is 0 Å². The van der Waals surface area contributed by atoms with Crippen molar-refractivity contribution in [2.75, 3.05) is 11.9 Å². The lowest BCUT2D eigenvalue weighted by Gasteiger charge is -2.37. The molecule has 0 saturated carbocycles. The number of nitrogens with zero attached hydrogens (tertiary/aromatic N) is 1. The van der Waals surface area contributed by atoms with Crippen molar-refractivity contribution in [3.63, 3.8) is 0 Å². The van der Waals surface area contributed by atoms with E-state index in [1.165, 1.54) is 0 Å². The van der Waals surface area contributed by atoms with Crippen LogP contribution in [0.15, 0.2) is 54.6 Å². The number of para-hydroxylation sites is 1. The number of hydrogen-bond donors (Lipinski definition) is 0. The predicted octanol–water partition coefficient (Wildman–Crippen LogP) is 2.98. The topological polar surface area (TPSA) is 46.6 Å². The number of fused-ring (bicyclic) bond motifs is 2. The lowest BCUT2D eigenvalue weighted by Crippen LogP contribution is -2.46. The highest BCUT2D eigenvalue weighted by molar-refractivity contribution is 6.09. The average molecular weight is 307 g/mol. The molecule has 0 aliphatic carbocycles. The average Bonchev–Trinajstić information content (AvgIpc) is 2.78. The van der Waals surface area contributed by atoms with E-state index in [-0.39, 0.29) is 24.2 Å². The lowest BCUT2D eigenvalue weighted by molar-refractivity contribution is -0.171. The van der Waals surface area contributed by atoms with E-state index in [1.54, 1.807) is 11.9 Å². The smallest absolute Gasteiger partial charge is 0.264 e. The standard InChI is InChI=1S/C19H17NO3/c1-20-16-10-6-5-9-15(16)19(18(20)22)12-14(21)11-17(23-19)13-7-3-2-4-8-13/h2-10,17H,11-12H2,1H3/t17-,19?/m0/s1. The molecule has 1 saturated heterocycles. The van der Waals surface area contributed by atoms with Crippen molar-refractivity contribution < 1.29 is 14.3 Å². The maximum Gasteiger partial charge on any atom is 0.264 e. The molecule has 0 bridgehead atoms. The minimum atomic E-state index is -1.18. The number of amides is 1. The summed E-state index contributed by atoms with van der Waals surface area (Å²) in [6.07, 6.45) is 0.0301. The molecule has 1 unspecified atom stereocenters. The molecule has 0 aromatic heterocycles. The number of Topliss-reactive ketones (excluding diaryl/α,β-unsaturated/α-hetero) is 1. The molecule has 2 atom stereocenters. The van der Waals surface area contributed by atoms with Crippen LogP contribution < -0.4 is 4.90 Å². The largest absolute Gasteiger partial charge is 0.351 e. The molecule has 1 fully saturated rings. The third-order valence-corrected chi connectivity index (χ3v) is 4.72. The number of ether oxygens (including phenoxy) is 1. The number of ketones is 1. The van der Waals surface area contributed by atoms with E-state index >= 15 is 0 Å². The molecule has 2 aromatic carbocycles. The Balaban J connectivity index is 1.82. The SMILES string of the molecule is CN1C(=O)C2(CC(=O)C[C@@H](c3ccccc3)O2)c2ccccc21. The van der Waals surface area contributed by atoms with E-state index in [1.807, 2.05) is 54.6 Å². The van der Waals surface area contributed by atoms with Crippen LogP contribution in [0.1, 0.15) is 30.1 Å². The molecule has 4 heteroatoms. The molecule has 2 aliphatic rings. The summed E-state index contributed by atoms with van der Waals surface area (Å²) in [5, 5.41) is 0. The van der Waals surface area contributed by atoms with Gasteiger partial charge >= 0.3 is 0 Å². The summed E-state index contributed by atoms with van der Waals surface area (Å²) < 4.78 is 6.29. The Bertz CT molecular complexity index is 786. The van der Waals surface area contributed by atoms with Crippen molar-refractivity contribution in [2.24, 2.45) is 0 Å².